The molecule has 1 aliphatic carbocycles. The third-order valence-electron chi connectivity index (χ3n) is 4.84. The molecule has 4 atom stereocenters. The molecule has 1 fully saturated rings. The van der Waals surface area contributed by atoms with Gasteiger partial charge in [0.05, 0.1) is 24.7 Å². The van der Waals surface area contributed by atoms with E-state index in [0.717, 1.165) is 11.1 Å². The predicted molar refractivity (Wildman–Crippen MR) is 97.4 cm³/mol. The van der Waals surface area contributed by atoms with Gasteiger partial charge in [0.15, 0.2) is 0 Å². The molecular weight excluding hydrogens is 352 g/mol. The molecule has 0 unspecified atom stereocenters. The number of hydrogen-bond acceptors (Lipinski definition) is 7. The van der Waals surface area contributed by atoms with Gasteiger partial charge in [-0.25, -0.2) is 9.59 Å². The molecule has 2 rings (SSSR count). The molecule has 0 bridgehead atoms. The number of aliphatic hydroxyl groups is 3. The summed E-state index contributed by atoms with van der Waals surface area (Å²) >= 11 is 0. The first kappa shape index (κ1) is 21.1. The molecule has 0 aromatic carbocycles. The predicted octanol–water partition coefficient (Wildman–Crippen LogP) is 0.954. The second-order valence-electron chi connectivity index (χ2n) is 6.86. The van der Waals surface area contributed by atoms with Crippen molar-refractivity contribution in [3.8, 4) is 0 Å². The molecule has 3 N–H and O–H groups in total. The highest BCUT2D eigenvalue weighted by molar-refractivity contribution is 5.92. The van der Waals surface area contributed by atoms with E-state index in [9.17, 15) is 19.8 Å². The Labute approximate surface area is 158 Å². The maximum absolute atomic E-state index is 12.3. The average molecular weight is 378 g/mol. The van der Waals surface area contributed by atoms with Gasteiger partial charge in [-0.15, -0.1) is 0 Å². The summed E-state index contributed by atoms with van der Waals surface area (Å²) in [7, 11) is 0. The first-order chi connectivity index (χ1) is 12.8. The SMILES string of the molecule is C=C1C(=O)O[C@H]2/C=C(/CO)CC/C=C(/C)C[C@@H](OC(=O)C(=C)[C@H](O)CO)[C@H]12. The van der Waals surface area contributed by atoms with Crippen molar-refractivity contribution < 1.29 is 34.4 Å². The van der Waals surface area contributed by atoms with Crippen LogP contribution in [0.5, 0.6) is 0 Å². The molecule has 1 heterocycles. The molecule has 2 aliphatic rings. The van der Waals surface area contributed by atoms with Crippen molar-refractivity contribution in [3.05, 3.63) is 47.6 Å². The number of carbonyl (C=O) groups is 2. The minimum atomic E-state index is -1.42. The van der Waals surface area contributed by atoms with Crippen molar-refractivity contribution in [2.45, 2.75) is 44.5 Å². The van der Waals surface area contributed by atoms with Crippen molar-refractivity contribution in [2.24, 2.45) is 5.92 Å². The normalized spacial score (nSPS) is 30.9. The average Bonchev–Trinajstić information content (AvgIpc) is 2.92. The van der Waals surface area contributed by atoms with Gasteiger partial charge in [0.1, 0.15) is 18.3 Å². The molecule has 1 aliphatic heterocycles. The summed E-state index contributed by atoms with van der Waals surface area (Å²) in [4.78, 5) is 24.4. The summed E-state index contributed by atoms with van der Waals surface area (Å²) in [6.07, 6.45) is 2.46. The number of carbonyl (C=O) groups excluding carboxylic acids is 2. The highest BCUT2D eigenvalue weighted by atomic mass is 16.6. The van der Waals surface area contributed by atoms with Crippen LogP contribution >= 0.6 is 0 Å². The highest BCUT2D eigenvalue weighted by Gasteiger charge is 2.44. The van der Waals surface area contributed by atoms with E-state index in [2.05, 4.69) is 13.2 Å². The van der Waals surface area contributed by atoms with Crippen molar-refractivity contribution in [1.82, 2.24) is 0 Å². The number of aliphatic hydroxyl groups excluding tert-OH is 3. The fourth-order valence-corrected chi connectivity index (χ4v) is 3.23. The van der Waals surface area contributed by atoms with Gasteiger partial charge in [0, 0.05) is 12.0 Å². The Kier molecular flexibility index (Phi) is 7.12. The zero-order chi connectivity index (χ0) is 20.1. The van der Waals surface area contributed by atoms with Crippen LogP contribution in [0.3, 0.4) is 0 Å². The third kappa shape index (κ3) is 4.94. The largest absolute Gasteiger partial charge is 0.458 e. The lowest BCUT2D eigenvalue weighted by molar-refractivity contribution is -0.148. The van der Waals surface area contributed by atoms with Gasteiger partial charge in [0.2, 0.25) is 0 Å². The minimum Gasteiger partial charge on any atom is -0.458 e. The van der Waals surface area contributed by atoms with Crippen molar-refractivity contribution in [1.29, 1.82) is 0 Å². The third-order valence-corrected chi connectivity index (χ3v) is 4.84. The van der Waals surface area contributed by atoms with E-state index in [1.807, 2.05) is 13.0 Å². The van der Waals surface area contributed by atoms with Gasteiger partial charge in [-0.1, -0.05) is 24.8 Å². The molecule has 27 heavy (non-hydrogen) atoms. The van der Waals surface area contributed by atoms with Crippen LogP contribution in [0, 0.1) is 5.92 Å². The summed E-state index contributed by atoms with van der Waals surface area (Å²) < 4.78 is 10.9. The van der Waals surface area contributed by atoms with Gasteiger partial charge in [-0.05, 0) is 31.4 Å². The van der Waals surface area contributed by atoms with Crippen LogP contribution < -0.4 is 0 Å². The van der Waals surface area contributed by atoms with Crippen LogP contribution in [0.2, 0.25) is 0 Å². The van der Waals surface area contributed by atoms with Crippen LogP contribution in [0.1, 0.15) is 26.2 Å². The lowest BCUT2D eigenvalue weighted by Gasteiger charge is -2.28. The number of hydrogen-bond donors (Lipinski definition) is 3. The molecule has 1 saturated heterocycles. The van der Waals surface area contributed by atoms with Gasteiger partial charge in [-0.3, -0.25) is 0 Å². The van der Waals surface area contributed by atoms with E-state index in [-0.39, 0.29) is 17.8 Å². The molecule has 7 nitrogen and oxygen atoms in total. The van der Waals surface area contributed by atoms with Crippen LogP contribution in [-0.2, 0) is 19.1 Å². The number of fused-ring (bicyclic) bond motifs is 1. The molecular formula is C20H26O7. The first-order valence-electron chi connectivity index (χ1n) is 8.83. The molecule has 7 heteroatoms. The Balaban J connectivity index is 2.36. The quantitative estimate of drug-likeness (QED) is 0.371. The molecule has 0 spiro atoms. The van der Waals surface area contributed by atoms with E-state index in [0.29, 0.717) is 19.3 Å². The Morgan fingerprint density at radius 3 is 2.78 bits per heavy atom. The second-order valence-corrected chi connectivity index (χ2v) is 6.86. The van der Waals surface area contributed by atoms with Crippen LogP contribution in [0.15, 0.2) is 47.6 Å². The highest BCUT2D eigenvalue weighted by Crippen LogP contribution is 2.36. The van der Waals surface area contributed by atoms with Crippen molar-refractivity contribution in [2.75, 3.05) is 13.2 Å². The number of allylic oxidation sites excluding steroid dienone is 1. The fourth-order valence-electron chi connectivity index (χ4n) is 3.23. The van der Waals surface area contributed by atoms with E-state index in [1.165, 1.54) is 0 Å². The molecule has 148 valence electrons. The van der Waals surface area contributed by atoms with E-state index < -0.39 is 42.8 Å². The summed E-state index contributed by atoms with van der Waals surface area (Å²) in [5, 5.41) is 28.2. The van der Waals surface area contributed by atoms with E-state index >= 15 is 0 Å². The zero-order valence-electron chi connectivity index (χ0n) is 15.4. The smallest absolute Gasteiger partial charge is 0.336 e. The summed E-state index contributed by atoms with van der Waals surface area (Å²) in [5.74, 6) is -2.05. The summed E-state index contributed by atoms with van der Waals surface area (Å²) in [6.45, 7) is 8.32. The maximum Gasteiger partial charge on any atom is 0.336 e. The van der Waals surface area contributed by atoms with Gasteiger partial charge < -0.3 is 24.8 Å². The molecule has 0 aromatic heterocycles. The van der Waals surface area contributed by atoms with Crippen LogP contribution in [-0.4, -0.2) is 58.8 Å². The Bertz CT molecular complexity index is 688. The minimum absolute atomic E-state index is 0.163. The fraction of sp³-hybridized carbons (Fsp3) is 0.500. The van der Waals surface area contributed by atoms with Crippen molar-refractivity contribution in [3.63, 3.8) is 0 Å². The first-order valence-corrected chi connectivity index (χ1v) is 8.83. The lowest BCUT2D eigenvalue weighted by Crippen LogP contribution is -2.35. The molecule has 0 aromatic rings. The molecule has 0 radical (unpaired) electrons. The number of rotatable bonds is 5. The molecule has 0 saturated carbocycles. The van der Waals surface area contributed by atoms with Crippen LogP contribution in [0.25, 0.3) is 0 Å². The number of ether oxygens (including phenoxy) is 2. The van der Waals surface area contributed by atoms with E-state index in [4.69, 9.17) is 14.6 Å². The zero-order valence-corrected chi connectivity index (χ0v) is 15.4. The Morgan fingerprint density at radius 1 is 1.44 bits per heavy atom. The maximum atomic E-state index is 12.3. The Hall–Kier alpha value is -2.22. The Morgan fingerprint density at radius 2 is 2.15 bits per heavy atom. The lowest BCUT2D eigenvalue weighted by atomic mass is 9.85. The van der Waals surface area contributed by atoms with Crippen molar-refractivity contribution >= 4 is 11.9 Å². The summed E-state index contributed by atoms with van der Waals surface area (Å²) in [5.41, 5.74) is 1.60. The monoisotopic (exact) mass is 378 g/mol. The van der Waals surface area contributed by atoms with Gasteiger partial charge in [0.25, 0.3) is 0 Å². The van der Waals surface area contributed by atoms with Crippen LogP contribution in [0.4, 0.5) is 0 Å². The topological polar surface area (TPSA) is 113 Å². The second kappa shape index (κ2) is 9.12. The van der Waals surface area contributed by atoms with Gasteiger partial charge in [-0.2, -0.15) is 0 Å². The molecule has 0 amide bonds. The number of esters is 2. The van der Waals surface area contributed by atoms with E-state index in [1.54, 1.807) is 6.08 Å². The summed E-state index contributed by atoms with van der Waals surface area (Å²) in [6, 6.07) is 0. The van der Waals surface area contributed by atoms with Gasteiger partial charge >= 0.3 is 11.9 Å². The standard InChI is InChI=1S/C20H26O7/c1-11-5-4-6-14(9-21)8-17-18(13(3)20(25)27-17)16(7-11)26-19(24)12(2)15(23)10-22/h5,8,15-18,21-23H,2-4,6-7,9-10H2,1H3/b11-5-,14-8+/t15-,16-,17+,18+/m1/s1.